The Morgan fingerprint density at radius 2 is 1.70 bits per heavy atom. The van der Waals surface area contributed by atoms with Gasteiger partial charge in [0.1, 0.15) is 11.5 Å². The molecule has 2 aromatic carbocycles. The maximum absolute atomic E-state index is 13.3. The molecule has 33 heavy (non-hydrogen) atoms. The topological polar surface area (TPSA) is 127 Å². The van der Waals surface area contributed by atoms with Crippen molar-refractivity contribution in [2.24, 2.45) is 17.4 Å². The van der Waals surface area contributed by atoms with E-state index in [2.05, 4.69) is 5.32 Å². The third-order valence-electron chi connectivity index (χ3n) is 6.73. The van der Waals surface area contributed by atoms with Crippen molar-refractivity contribution < 1.29 is 9.59 Å². The van der Waals surface area contributed by atoms with Crippen molar-refractivity contribution >= 4 is 28.6 Å². The van der Waals surface area contributed by atoms with Gasteiger partial charge in [0, 0.05) is 28.6 Å². The molecule has 7 heteroatoms. The van der Waals surface area contributed by atoms with Gasteiger partial charge in [0.05, 0.1) is 6.04 Å². The predicted molar refractivity (Wildman–Crippen MR) is 131 cm³/mol. The number of nitrogens with zero attached hydrogens (tertiary/aromatic N) is 1. The number of hydrogen-bond acceptors (Lipinski definition) is 3. The maximum atomic E-state index is 13.3. The standard InChI is InChI=1S/C26H31N5O2/c1-16(18-7-9-19(10-8-18)25(29)32)31-22-14-21(24(27)28)12-11-20(22)13-23(31)26(33)30-15-17-5-3-2-4-6-17/h7-14,16-17H,2-6,15H2,1H3,(H3,27,28)(H2,29,32)(H,30,33)/t16-/m0/s1. The number of hydrogen-bond donors (Lipinski definition) is 4. The summed E-state index contributed by atoms with van der Waals surface area (Å²) in [7, 11) is 0. The normalized spacial score (nSPS) is 15.3. The Balaban J connectivity index is 1.72. The molecule has 1 aromatic heterocycles. The van der Waals surface area contributed by atoms with Gasteiger partial charge in [0.2, 0.25) is 5.91 Å². The molecule has 1 atom stereocenters. The van der Waals surface area contributed by atoms with Crippen LogP contribution in [0.1, 0.15) is 77.0 Å². The van der Waals surface area contributed by atoms with Gasteiger partial charge in [-0.2, -0.15) is 0 Å². The number of rotatable bonds is 7. The Morgan fingerprint density at radius 3 is 2.33 bits per heavy atom. The number of aromatic nitrogens is 1. The molecule has 4 rings (SSSR count). The molecule has 3 aromatic rings. The molecular weight excluding hydrogens is 414 g/mol. The fraction of sp³-hybridized carbons (Fsp3) is 0.346. The van der Waals surface area contributed by atoms with Crippen LogP contribution in [0.2, 0.25) is 0 Å². The minimum atomic E-state index is -0.477. The van der Waals surface area contributed by atoms with E-state index in [1.54, 1.807) is 18.2 Å². The first-order chi connectivity index (χ1) is 15.8. The highest BCUT2D eigenvalue weighted by Gasteiger charge is 2.22. The molecule has 1 saturated carbocycles. The van der Waals surface area contributed by atoms with Crippen LogP contribution >= 0.6 is 0 Å². The van der Waals surface area contributed by atoms with Gasteiger partial charge in [0.15, 0.2) is 0 Å². The Hall–Kier alpha value is -3.61. The third-order valence-corrected chi connectivity index (χ3v) is 6.73. The van der Waals surface area contributed by atoms with Gasteiger partial charge in [0.25, 0.3) is 5.91 Å². The highest BCUT2D eigenvalue weighted by atomic mass is 16.2. The highest BCUT2D eigenvalue weighted by molar-refractivity contribution is 6.02. The summed E-state index contributed by atoms with van der Waals surface area (Å²) in [5.74, 6) is -0.0775. The van der Waals surface area contributed by atoms with Gasteiger partial charge in [-0.1, -0.05) is 43.5 Å². The third kappa shape index (κ3) is 4.77. The minimum Gasteiger partial charge on any atom is -0.384 e. The van der Waals surface area contributed by atoms with Crippen LogP contribution in [0.25, 0.3) is 10.9 Å². The van der Waals surface area contributed by atoms with E-state index in [0.717, 1.165) is 29.3 Å². The molecule has 1 heterocycles. The predicted octanol–water partition coefficient (Wildman–Crippen LogP) is 3.94. The van der Waals surface area contributed by atoms with E-state index in [1.165, 1.54) is 19.3 Å². The zero-order valence-corrected chi connectivity index (χ0v) is 18.9. The smallest absolute Gasteiger partial charge is 0.267 e. The lowest BCUT2D eigenvalue weighted by atomic mass is 9.89. The number of amidine groups is 1. The van der Waals surface area contributed by atoms with Crippen LogP contribution in [-0.4, -0.2) is 28.8 Å². The minimum absolute atomic E-state index is 0.0218. The summed E-state index contributed by atoms with van der Waals surface area (Å²) < 4.78 is 1.98. The molecule has 0 unspecified atom stereocenters. The van der Waals surface area contributed by atoms with Gasteiger partial charge >= 0.3 is 0 Å². The second kappa shape index (κ2) is 9.48. The molecule has 1 aliphatic carbocycles. The van der Waals surface area contributed by atoms with Crippen LogP contribution in [0.5, 0.6) is 0 Å². The molecule has 2 amide bonds. The number of nitrogen functional groups attached to an aromatic ring is 1. The number of benzene rings is 2. The number of carbonyl (C=O) groups is 2. The monoisotopic (exact) mass is 445 g/mol. The molecule has 172 valence electrons. The quantitative estimate of drug-likeness (QED) is 0.325. The number of nitrogens with one attached hydrogen (secondary N) is 2. The first-order valence-electron chi connectivity index (χ1n) is 11.5. The fourth-order valence-electron chi connectivity index (χ4n) is 4.77. The molecule has 0 bridgehead atoms. The summed E-state index contributed by atoms with van der Waals surface area (Å²) in [5.41, 5.74) is 14.5. The van der Waals surface area contributed by atoms with Crippen molar-refractivity contribution in [3.05, 3.63) is 70.9 Å². The van der Waals surface area contributed by atoms with Crippen molar-refractivity contribution in [1.29, 1.82) is 5.41 Å². The van der Waals surface area contributed by atoms with Crippen LogP contribution in [0, 0.1) is 11.3 Å². The summed E-state index contributed by atoms with van der Waals surface area (Å²) >= 11 is 0. The van der Waals surface area contributed by atoms with Crippen molar-refractivity contribution in [3.63, 3.8) is 0 Å². The molecule has 6 N–H and O–H groups in total. The lowest BCUT2D eigenvalue weighted by Crippen LogP contribution is -2.32. The van der Waals surface area contributed by atoms with Crippen LogP contribution in [-0.2, 0) is 0 Å². The zero-order valence-electron chi connectivity index (χ0n) is 18.9. The molecule has 1 aliphatic rings. The van der Waals surface area contributed by atoms with Gasteiger partial charge in [-0.25, -0.2) is 0 Å². The summed E-state index contributed by atoms with van der Waals surface area (Å²) in [6.45, 7) is 2.69. The molecule has 0 saturated heterocycles. The largest absolute Gasteiger partial charge is 0.384 e. The lowest BCUT2D eigenvalue weighted by molar-refractivity contribution is 0.0933. The number of carbonyl (C=O) groups excluding carboxylic acids is 2. The van der Waals surface area contributed by atoms with E-state index in [0.29, 0.717) is 29.3 Å². The van der Waals surface area contributed by atoms with Gasteiger partial charge in [-0.3, -0.25) is 15.0 Å². The van der Waals surface area contributed by atoms with E-state index in [1.807, 2.05) is 41.8 Å². The van der Waals surface area contributed by atoms with Crippen molar-refractivity contribution in [1.82, 2.24) is 9.88 Å². The van der Waals surface area contributed by atoms with E-state index in [-0.39, 0.29) is 17.8 Å². The number of fused-ring (bicyclic) bond motifs is 1. The van der Waals surface area contributed by atoms with Crippen molar-refractivity contribution in [2.75, 3.05) is 6.54 Å². The van der Waals surface area contributed by atoms with Crippen LogP contribution in [0.15, 0.2) is 48.5 Å². The van der Waals surface area contributed by atoms with Crippen LogP contribution in [0.3, 0.4) is 0 Å². The summed E-state index contributed by atoms with van der Waals surface area (Å²) in [6.07, 6.45) is 6.06. The van der Waals surface area contributed by atoms with E-state index < -0.39 is 5.91 Å². The number of amides is 2. The molecular formula is C26H31N5O2. The van der Waals surface area contributed by atoms with Gasteiger partial charge in [-0.15, -0.1) is 0 Å². The van der Waals surface area contributed by atoms with E-state index in [4.69, 9.17) is 16.9 Å². The van der Waals surface area contributed by atoms with Gasteiger partial charge < -0.3 is 21.4 Å². The second-order valence-corrected chi connectivity index (χ2v) is 8.96. The SMILES string of the molecule is C[C@@H](c1ccc(C(N)=O)cc1)n1c(C(=O)NCC2CCCCC2)cc2ccc(C(=N)N)cc21. The first-order valence-corrected chi connectivity index (χ1v) is 11.5. The summed E-state index contributed by atoms with van der Waals surface area (Å²) in [4.78, 5) is 24.8. The first kappa shape index (κ1) is 22.6. The second-order valence-electron chi connectivity index (χ2n) is 8.96. The number of nitrogens with two attached hydrogens (primary N) is 2. The number of primary amides is 1. The zero-order chi connectivity index (χ0) is 23.5. The summed E-state index contributed by atoms with van der Waals surface area (Å²) in [6, 6.07) is 14.3. The Kier molecular flexibility index (Phi) is 6.49. The molecule has 0 radical (unpaired) electrons. The fourth-order valence-corrected chi connectivity index (χ4v) is 4.77. The molecule has 7 nitrogen and oxygen atoms in total. The van der Waals surface area contributed by atoms with Crippen molar-refractivity contribution in [3.8, 4) is 0 Å². The van der Waals surface area contributed by atoms with Crippen molar-refractivity contribution in [2.45, 2.75) is 45.1 Å². The molecule has 0 aliphatic heterocycles. The van der Waals surface area contributed by atoms with Crippen LogP contribution < -0.4 is 16.8 Å². The Morgan fingerprint density at radius 1 is 1.03 bits per heavy atom. The maximum Gasteiger partial charge on any atom is 0.267 e. The average molecular weight is 446 g/mol. The van der Waals surface area contributed by atoms with Gasteiger partial charge in [-0.05, 0) is 55.5 Å². The van der Waals surface area contributed by atoms with Crippen LogP contribution in [0.4, 0.5) is 0 Å². The summed E-state index contributed by atoms with van der Waals surface area (Å²) in [5, 5.41) is 11.9. The Bertz CT molecular complexity index is 1190. The lowest BCUT2D eigenvalue weighted by Gasteiger charge is -2.23. The average Bonchev–Trinajstić information content (AvgIpc) is 3.21. The molecule has 0 spiro atoms. The van der Waals surface area contributed by atoms with E-state index in [9.17, 15) is 9.59 Å². The molecule has 1 fully saturated rings. The Labute approximate surface area is 193 Å². The van der Waals surface area contributed by atoms with E-state index >= 15 is 0 Å². The highest BCUT2D eigenvalue weighted by Crippen LogP contribution is 2.30.